The van der Waals surface area contributed by atoms with Crippen molar-refractivity contribution in [1.29, 1.82) is 0 Å². The molecule has 1 amide bonds. The van der Waals surface area contributed by atoms with Crippen LogP contribution in [-0.4, -0.2) is 43.5 Å². The second kappa shape index (κ2) is 8.67. The maximum Gasteiger partial charge on any atom is 0.243 e. The number of aryl methyl sites for hydroxylation is 1. The number of hydrogen-bond donors (Lipinski definition) is 1. The number of nitrogens with one attached hydrogen (secondary N) is 1. The van der Waals surface area contributed by atoms with E-state index in [1.54, 1.807) is 24.3 Å². The van der Waals surface area contributed by atoms with Crippen LogP contribution in [0.2, 0.25) is 0 Å². The van der Waals surface area contributed by atoms with E-state index in [1.807, 2.05) is 37.3 Å². The summed E-state index contributed by atoms with van der Waals surface area (Å²) < 4.78 is 27.2. The number of sulfonamides is 1. The molecule has 2 atom stereocenters. The van der Waals surface area contributed by atoms with Gasteiger partial charge >= 0.3 is 0 Å². The van der Waals surface area contributed by atoms with Crippen molar-refractivity contribution in [3.8, 4) is 0 Å². The predicted octanol–water partition coefficient (Wildman–Crippen LogP) is 2.07. The number of benzene rings is 2. The van der Waals surface area contributed by atoms with E-state index >= 15 is 0 Å². The quantitative estimate of drug-likeness (QED) is 0.722. The minimum atomic E-state index is -3.77. The zero-order chi connectivity index (χ0) is 20.1. The van der Waals surface area contributed by atoms with Crippen LogP contribution in [0.3, 0.4) is 0 Å². The van der Waals surface area contributed by atoms with Gasteiger partial charge in [0.05, 0.1) is 10.9 Å². The summed E-state index contributed by atoms with van der Waals surface area (Å²) in [6.45, 7) is 2.17. The Hall–Kier alpha value is -2.51. The van der Waals surface area contributed by atoms with E-state index in [2.05, 4.69) is 5.32 Å². The molecule has 0 aromatic heterocycles. The summed E-state index contributed by atoms with van der Waals surface area (Å²) in [6, 6.07) is 14.5. The third-order valence-electron chi connectivity index (χ3n) is 4.92. The van der Waals surface area contributed by atoms with Crippen LogP contribution in [-0.2, 0) is 26.0 Å². The molecule has 0 saturated carbocycles. The van der Waals surface area contributed by atoms with Gasteiger partial charge in [0.2, 0.25) is 15.9 Å². The third kappa shape index (κ3) is 4.48. The summed E-state index contributed by atoms with van der Waals surface area (Å²) in [7, 11) is -3.77. The fourth-order valence-electron chi connectivity index (χ4n) is 3.42. The summed E-state index contributed by atoms with van der Waals surface area (Å²) in [5, 5.41) is 2.71. The minimum Gasteiger partial charge on any atom is -0.345 e. The number of hydrogen-bond acceptors (Lipinski definition) is 4. The SMILES string of the molecule is Cc1ccc(S(=O)(=O)N2CCC[C@@H]2C(=O)N[C@H](C=O)Cc2ccccc2)cc1. The number of carbonyl (C=O) groups is 2. The molecule has 1 N–H and O–H groups in total. The van der Waals surface area contributed by atoms with E-state index in [1.165, 1.54) is 4.31 Å². The molecule has 148 valence electrons. The second-order valence-electron chi connectivity index (χ2n) is 7.03. The Balaban J connectivity index is 1.73. The first-order valence-corrected chi connectivity index (χ1v) is 10.7. The molecule has 0 aliphatic carbocycles. The van der Waals surface area contributed by atoms with Gasteiger partial charge in [-0.2, -0.15) is 4.31 Å². The molecule has 1 aliphatic rings. The number of amides is 1. The van der Waals surface area contributed by atoms with Crippen LogP contribution in [0.5, 0.6) is 0 Å². The molecule has 1 heterocycles. The van der Waals surface area contributed by atoms with Crippen molar-refractivity contribution in [2.24, 2.45) is 0 Å². The highest BCUT2D eigenvalue weighted by molar-refractivity contribution is 7.89. The van der Waals surface area contributed by atoms with Gasteiger partial charge in [-0.15, -0.1) is 0 Å². The van der Waals surface area contributed by atoms with E-state index in [-0.39, 0.29) is 4.90 Å². The lowest BCUT2D eigenvalue weighted by Gasteiger charge is -2.24. The maximum absolute atomic E-state index is 13.0. The lowest BCUT2D eigenvalue weighted by molar-refractivity contribution is -0.126. The Bertz CT molecular complexity index is 927. The van der Waals surface area contributed by atoms with Crippen LogP contribution < -0.4 is 5.32 Å². The van der Waals surface area contributed by atoms with Crippen LogP contribution in [0, 0.1) is 6.92 Å². The molecule has 28 heavy (non-hydrogen) atoms. The molecule has 0 bridgehead atoms. The lowest BCUT2D eigenvalue weighted by Crippen LogP contribution is -2.49. The topological polar surface area (TPSA) is 83.6 Å². The zero-order valence-corrected chi connectivity index (χ0v) is 16.6. The van der Waals surface area contributed by atoms with Gasteiger partial charge in [-0.25, -0.2) is 8.42 Å². The molecule has 7 heteroatoms. The van der Waals surface area contributed by atoms with E-state index in [4.69, 9.17) is 0 Å². The molecule has 1 fully saturated rings. The van der Waals surface area contributed by atoms with Gasteiger partial charge in [-0.3, -0.25) is 4.79 Å². The standard InChI is InChI=1S/C21H24N2O4S/c1-16-9-11-19(12-10-16)28(26,27)23-13-5-8-20(23)21(25)22-18(15-24)14-17-6-3-2-4-7-17/h2-4,6-7,9-12,15,18,20H,5,8,13-14H2,1H3,(H,22,25)/t18-,20+/m0/s1. The fraction of sp³-hybridized carbons (Fsp3) is 0.333. The summed E-state index contributed by atoms with van der Waals surface area (Å²) >= 11 is 0. The first-order valence-electron chi connectivity index (χ1n) is 9.30. The Labute approximate surface area is 165 Å². The van der Waals surface area contributed by atoms with Gasteiger partial charge in [-0.05, 0) is 43.9 Å². The number of rotatable bonds is 7. The summed E-state index contributed by atoms with van der Waals surface area (Å²) in [6.07, 6.45) is 2.10. The van der Waals surface area contributed by atoms with Gasteiger partial charge in [0, 0.05) is 6.54 Å². The van der Waals surface area contributed by atoms with Crippen LogP contribution in [0.25, 0.3) is 0 Å². The van der Waals surface area contributed by atoms with Crippen molar-refractivity contribution >= 4 is 22.2 Å². The highest BCUT2D eigenvalue weighted by Gasteiger charge is 2.39. The average Bonchev–Trinajstić information content (AvgIpc) is 3.19. The Morgan fingerprint density at radius 1 is 1.18 bits per heavy atom. The van der Waals surface area contributed by atoms with E-state index in [0.717, 1.165) is 11.1 Å². The number of carbonyl (C=O) groups excluding carboxylic acids is 2. The molecule has 0 radical (unpaired) electrons. The monoisotopic (exact) mass is 400 g/mol. The Morgan fingerprint density at radius 3 is 2.50 bits per heavy atom. The van der Waals surface area contributed by atoms with Gasteiger partial charge in [-0.1, -0.05) is 48.0 Å². The first kappa shape index (κ1) is 20.2. The molecule has 6 nitrogen and oxygen atoms in total. The summed E-state index contributed by atoms with van der Waals surface area (Å²) in [4.78, 5) is 24.4. The normalized spacial score (nSPS) is 18.5. The predicted molar refractivity (Wildman–Crippen MR) is 106 cm³/mol. The molecule has 2 aromatic carbocycles. The molecule has 2 aromatic rings. The summed E-state index contributed by atoms with van der Waals surface area (Å²) in [5.41, 5.74) is 1.89. The molecular weight excluding hydrogens is 376 g/mol. The molecule has 0 unspecified atom stereocenters. The van der Waals surface area contributed by atoms with Crippen molar-refractivity contribution < 1.29 is 18.0 Å². The van der Waals surface area contributed by atoms with Crippen molar-refractivity contribution in [2.75, 3.05) is 6.54 Å². The zero-order valence-electron chi connectivity index (χ0n) is 15.7. The molecule has 3 rings (SSSR count). The number of nitrogens with zero attached hydrogens (tertiary/aromatic N) is 1. The van der Waals surface area contributed by atoms with Gasteiger partial charge in [0.25, 0.3) is 0 Å². The van der Waals surface area contributed by atoms with Crippen LogP contribution >= 0.6 is 0 Å². The minimum absolute atomic E-state index is 0.175. The first-order chi connectivity index (χ1) is 13.4. The van der Waals surface area contributed by atoms with E-state index < -0.39 is 28.0 Å². The Morgan fingerprint density at radius 2 is 1.86 bits per heavy atom. The highest BCUT2D eigenvalue weighted by atomic mass is 32.2. The van der Waals surface area contributed by atoms with E-state index in [9.17, 15) is 18.0 Å². The van der Waals surface area contributed by atoms with Gasteiger partial charge in [0.15, 0.2) is 0 Å². The van der Waals surface area contributed by atoms with Crippen molar-refractivity contribution in [2.45, 2.75) is 43.2 Å². The molecule has 0 spiro atoms. The molecular formula is C21H24N2O4S. The Kier molecular flexibility index (Phi) is 6.26. The van der Waals surface area contributed by atoms with Crippen molar-refractivity contribution in [1.82, 2.24) is 9.62 Å². The lowest BCUT2D eigenvalue weighted by atomic mass is 10.1. The van der Waals surface area contributed by atoms with Crippen LogP contribution in [0.4, 0.5) is 0 Å². The molecule has 1 saturated heterocycles. The molecule has 1 aliphatic heterocycles. The maximum atomic E-state index is 13.0. The van der Waals surface area contributed by atoms with Gasteiger partial charge in [0.1, 0.15) is 12.3 Å². The van der Waals surface area contributed by atoms with Gasteiger partial charge < -0.3 is 10.1 Å². The smallest absolute Gasteiger partial charge is 0.243 e. The largest absolute Gasteiger partial charge is 0.345 e. The highest BCUT2D eigenvalue weighted by Crippen LogP contribution is 2.26. The second-order valence-corrected chi connectivity index (χ2v) is 8.92. The average molecular weight is 401 g/mol. The van der Waals surface area contributed by atoms with Crippen LogP contribution in [0.1, 0.15) is 24.0 Å². The number of aldehydes is 1. The summed E-state index contributed by atoms with van der Waals surface area (Å²) in [5.74, 6) is -0.429. The fourth-order valence-corrected chi connectivity index (χ4v) is 5.07. The van der Waals surface area contributed by atoms with Crippen molar-refractivity contribution in [3.05, 3.63) is 65.7 Å². The third-order valence-corrected chi connectivity index (χ3v) is 6.85. The van der Waals surface area contributed by atoms with E-state index in [0.29, 0.717) is 32.1 Å². The van der Waals surface area contributed by atoms with Crippen molar-refractivity contribution in [3.63, 3.8) is 0 Å². The van der Waals surface area contributed by atoms with Crippen LogP contribution in [0.15, 0.2) is 59.5 Å².